The second kappa shape index (κ2) is 4.45. The lowest BCUT2D eigenvalue weighted by molar-refractivity contribution is 0.114. The fourth-order valence-electron chi connectivity index (χ4n) is 2.67. The first kappa shape index (κ1) is 11.0. The molecule has 1 fully saturated rings. The zero-order chi connectivity index (χ0) is 9.90. The highest BCUT2D eigenvalue weighted by molar-refractivity contribution is 4.88. The van der Waals surface area contributed by atoms with Crippen LogP contribution in [0.5, 0.6) is 0 Å². The number of nitrogens with one attached hydrogen (secondary N) is 1. The predicted molar refractivity (Wildman–Crippen MR) is 58.9 cm³/mol. The van der Waals surface area contributed by atoms with E-state index in [2.05, 4.69) is 33.1 Å². The molecule has 1 saturated carbocycles. The fraction of sp³-hybridized carbons (Fsp3) is 1.00. The van der Waals surface area contributed by atoms with Gasteiger partial charge in [0.05, 0.1) is 0 Å². The second-order valence-corrected chi connectivity index (χ2v) is 5.13. The monoisotopic (exact) mass is 183 g/mol. The Balaban J connectivity index is 2.63. The summed E-state index contributed by atoms with van der Waals surface area (Å²) in [6.45, 7) is 7.17. The summed E-state index contributed by atoms with van der Waals surface area (Å²) in [6, 6.07) is 0.767. The zero-order valence-corrected chi connectivity index (χ0v) is 9.69. The molecule has 0 aromatic heterocycles. The molecule has 13 heavy (non-hydrogen) atoms. The molecule has 0 heterocycles. The molecule has 1 N–H and O–H groups in total. The average Bonchev–Trinajstić information content (AvgIpc) is 2.18. The van der Waals surface area contributed by atoms with Gasteiger partial charge in [-0.1, -0.05) is 40.0 Å². The Morgan fingerprint density at radius 3 is 2.38 bits per heavy atom. The van der Waals surface area contributed by atoms with Gasteiger partial charge in [0, 0.05) is 6.04 Å². The highest BCUT2D eigenvalue weighted by Gasteiger charge is 2.34. The lowest BCUT2D eigenvalue weighted by atomic mass is 9.67. The predicted octanol–water partition coefficient (Wildman–Crippen LogP) is 3.20. The molecule has 78 valence electrons. The van der Waals surface area contributed by atoms with E-state index in [0.717, 1.165) is 12.0 Å². The van der Waals surface area contributed by atoms with E-state index in [1.165, 1.54) is 32.1 Å². The van der Waals surface area contributed by atoms with Crippen LogP contribution < -0.4 is 5.32 Å². The molecule has 2 unspecified atom stereocenters. The molecule has 0 spiro atoms. The van der Waals surface area contributed by atoms with Crippen LogP contribution in [0.4, 0.5) is 0 Å². The van der Waals surface area contributed by atoms with Crippen molar-refractivity contribution >= 4 is 0 Å². The third-order valence-corrected chi connectivity index (χ3v) is 4.05. The van der Waals surface area contributed by atoms with Crippen LogP contribution in [0, 0.1) is 11.3 Å². The molecule has 0 amide bonds. The summed E-state index contributed by atoms with van der Waals surface area (Å²) < 4.78 is 0. The minimum atomic E-state index is 0.522. The first-order chi connectivity index (χ1) is 6.11. The van der Waals surface area contributed by atoms with Gasteiger partial charge in [0.25, 0.3) is 0 Å². The Morgan fingerprint density at radius 2 is 1.85 bits per heavy atom. The average molecular weight is 183 g/mol. The molecule has 0 saturated heterocycles. The lowest BCUT2D eigenvalue weighted by Gasteiger charge is -2.42. The van der Waals surface area contributed by atoms with E-state index < -0.39 is 0 Å². The molecule has 0 aromatic carbocycles. The van der Waals surface area contributed by atoms with Gasteiger partial charge < -0.3 is 5.32 Å². The minimum absolute atomic E-state index is 0.522. The van der Waals surface area contributed by atoms with Crippen LogP contribution in [0.3, 0.4) is 0 Å². The molecule has 0 aromatic rings. The molecule has 1 aliphatic carbocycles. The molecule has 1 nitrogen and oxygen atoms in total. The molecular weight excluding hydrogens is 158 g/mol. The highest BCUT2D eigenvalue weighted by atomic mass is 14.9. The van der Waals surface area contributed by atoms with Gasteiger partial charge in [-0.15, -0.1) is 0 Å². The normalized spacial score (nSPS) is 30.5. The van der Waals surface area contributed by atoms with Gasteiger partial charge in [-0.05, 0) is 31.2 Å². The molecular formula is C12H25N. The summed E-state index contributed by atoms with van der Waals surface area (Å²) in [4.78, 5) is 0. The van der Waals surface area contributed by atoms with E-state index in [0.29, 0.717) is 5.41 Å². The topological polar surface area (TPSA) is 12.0 Å². The van der Waals surface area contributed by atoms with Crippen molar-refractivity contribution in [3.05, 3.63) is 0 Å². The minimum Gasteiger partial charge on any atom is -0.317 e. The van der Waals surface area contributed by atoms with Crippen LogP contribution in [0.25, 0.3) is 0 Å². The van der Waals surface area contributed by atoms with Gasteiger partial charge >= 0.3 is 0 Å². The smallest absolute Gasteiger partial charge is 0.00974 e. The molecule has 0 bridgehead atoms. The summed E-state index contributed by atoms with van der Waals surface area (Å²) >= 11 is 0. The molecule has 2 atom stereocenters. The molecule has 1 aliphatic rings. The van der Waals surface area contributed by atoms with Crippen LogP contribution in [-0.2, 0) is 0 Å². The van der Waals surface area contributed by atoms with E-state index in [-0.39, 0.29) is 0 Å². The third-order valence-electron chi connectivity index (χ3n) is 4.05. The number of hydrogen-bond donors (Lipinski definition) is 1. The van der Waals surface area contributed by atoms with Gasteiger partial charge in [-0.25, -0.2) is 0 Å². The SMILES string of the molecule is CCC(C)(C)C1CCCCC1NC. The Hall–Kier alpha value is -0.0400. The zero-order valence-electron chi connectivity index (χ0n) is 9.69. The molecule has 1 rings (SSSR count). The maximum atomic E-state index is 3.49. The van der Waals surface area contributed by atoms with Crippen LogP contribution in [0.15, 0.2) is 0 Å². The van der Waals surface area contributed by atoms with Crippen molar-refractivity contribution in [2.24, 2.45) is 11.3 Å². The third kappa shape index (κ3) is 2.46. The van der Waals surface area contributed by atoms with E-state index >= 15 is 0 Å². The fourth-order valence-corrected chi connectivity index (χ4v) is 2.67. The van der Waals surface area contributed by atoms with Gasteiger partial charge in [-0.3, -0.25) is 0 Å². The van der Waals surface area contributed by atoms with Crippen LogP contribution >= 0.6 is 0 Å². The Labute approximate surface area is 83.3 Å². The molecule has 0 aliphatic heterocycles. The maximum absolute atomic E-state index is 3.49. The van der Waals surface area contributed by atoms with Crippen LogP contribution in [-0.4, -0.2) is 13.1 Å². The van der Waals surface area contributed by atoms with E-state index in [9.17, 15) is 0 Å². The van der Waals surface area contributed by atoms with Gasteiger partial charge in [0.15, 0.2) is 0 Å². The van der Waals surface area contributed by atoms with E-state index in [1.54, 1.807) is 0 Å². The standard InChI is InChI=1S/C12H25N/c1-5-12(2,3)10-8-6-7-9-11(10)13-4/h10-11,13H,5-9H2,1-4H3. The van der Waals surface area contributed by atoms with Crippen molar-refractivity contribution in [1.82, 2.24) is 5.32 Å². The van der Waals surface area contributed by atoms with E-state index in [4.69, 9.17) is 0 Å². The second-order valence-electron chi connectivity index (χ2n) is 5.13. The maximum Gasteiger partial charge on any atom is 0.00974 e. The Bertz CT molecular complexity index is 151. The first-order valence-corrected chi connectivity index (χ1v) is 5.79. The van der Waals surface area contributed by atoms with Crippen LogP contribution in [0.2, 0.25) is 0 Å². The first-order valence-electron chi connectivity index (χ1n) is 5.79. The highest BCUT2D eigenvalue weighted by Crippen LogP contribution is 2.40. The summed E-state index contributed by atoms with van der Waals surface area (Å²) in [5.41, 5.74) is 0.522. The molecule has 0 radical (unpaired) electrons. The Morgan fingerprint density at radius 1 is 1.23 bits per heavy atom. The van der Waals surface area contributed by atoms with Gasteiger partial charge in [0.1, 0.15) is 0 Å². The largest absolute Gasteiger partial charge is 0.317 e. The van der Waals surface area contributed by atoms with E-state index in [1.807, 2.05) is 0 Å². The quantitative estimate of drug-likeness (QED) is 0.708. The number of hydrogen-bond acceptors (Lipinski definition) is 1. The van der Waals surface area contributed by atoms with Crippen molar-refractivity contribution in [1.29, 1.82) is 0 Å². The number of rotatable bonds is 3. The van der Waals surface area contributed by atoms with Crippen LogP contribution in [0.1, 0.15) is 52.9 Å². The van der Waals surface area contributed by atoms with Crippen molar-refractivity contribution < 1.29 is 0 Å². The van der Waals surface area contributed by atoms with Crippen molar-refractivity contribution in [3.8, 4) is 0 Å². The Kier molecular flexibility index (Phi) is 3.78. The lowest BCUT2D eigenvalue weighted by Crippen LogP contribution is -2.43. The van der Waals surface area contributed by atoms with Gasteiger partial charge in [0.2, 0.25) is 0 Å². The molecule has 1 heteroatoms. The summed E-state index contributed by atoms with van der Waals surface area (Å²) in [5.74, 6) is 0.885. The summed E-state index contributed by atoms with van der Waals surface area (Å²) in [5, 5.41) is 3.49. The summed E-state index contributed by atoms with van der Waals surface area (Å²) in [7, 11) is 2.12. The van der Waals surface area contributed by atoms with Crippen molar-refractivity contribution in [2.45, 2.75) is 58.9 Å². The van der Waals surface area contributed by atoms with Crippen molar-refractivity contribution in [3.63, 3.8) is 0 Å². The summed E-state index contributed by atoms with van der Waals surface area (Å²) in [6.07, 6.45) is 6.96. The van der Waals surface area contributed by atoms with Crippen molar-refractivity contribution in [2.75, 3.05) is 7.05 Å². The van der Waals surface area contributed by atoms with Gasteiger partial charge in [-0.2, -0.15) is 0 Å².